The molecular weight excluding hydrogens is 300 g/mol. The fourth-order valence-electron chi connectivity index (χ4n) is 2.77. The van der Waals surface area contributed by atoms with Gasteiger partial charge >= 0.3 is 5.97 Å². The molecule has 1 aromatic heterocycles. The van der Waals surface area contributed by atoms with Crippen molar-refractivity contribution >= 4 is 32.7 Å². The molecule has 22 heavy (non-hydrogen) atoms. The van der Waals surface area contributed by atoms with Crippen molar-refractivity contribution < 1.29 is 15.0 Å². The maximum Gasteiger partial charge on any atom is 0.307 e. The Labute approximate surface area is 133 Å². The number of aliphatic hydroxyl groups excluding tert-OH is 1. The van der Waals surface area contributed by atoms with Crippen LogP contribution in [-0.4, -0.2) is 40.9 Å². The zero-order valence-electron chi connectivity index (χ0n) is 12.6. The summed E-state index contributed by atoms with van der Waals surface area (Å²) in [5, 5.41) is 19.3. The molecule has 0 bridgehead atoms. The molecule has 0 amide bonds. The lowest BCUT2D eigenvalue weighted by atomic mass is 9.81. The summed E-state index contributed by atoms with van der Waals surface area (Å²) in [4.78, 5) is 17.7. The molecule has 6 heteroatoms. The molecule has 1 saturated heterocycles. The van der Waals surface area contributed by atoms with Crippen LogP contribution in [0, 0.1) is 5.41 Å². The Morgan fingerprint density at radius 1 is 1.41 bits per heavy atom. The first-order valence-corrected chi connectivity index (χ1v) is 8.28. The van der Waals surface area contributed by atoms with Gasteiger partial charge < -0.3 is 15.1 Å². The lowest BCUT2D eigenvalue weighted by molar-refractivity contribution is -0.136. The number of aromatic nitrogens is 1. The van der Waals surface area contributed by atoms with Crippen LogP contribution >= 0.6 is 11.3 Å². The fourth-order valence-corrected chi connectivity index (χ4v) is 3.85. The monoisotopic (exact) mass is 320 g/mol. The van der Waals surface area contributed by atoms with Crippen molar-refractivity contribution in [2.45, 2.75) is 26.2 Å². The van der Waals surface area contributed by atoms with Gasteiger partial charge in [-0.3, -0.25) is 4.79 Å². The quantitative estimate of drug-likeness (QED) is 0.905. The van der Waals surface area contributed by atoms with Gasteiger partial charge in [0.2, 0.25) is 0 Å². The fraction of sp³-hybridized carbons (Fsp3) is 0.500. The zero-order chi connectivity index (χ0) is 15.7. The summed E-state index contributed by atoms with van der Waals surface area (Å²) < 4.78 is 1.03. The molecule has 2 aromatic rings. The normalized spacial score (nSPS) is 17.8. The van der Waals surface area contributed by atoms with Crippen molar-refractivity contribution in [2.75, 3.05) is 24.6 Å². The molecule has 3 rings (SSSR count). The summed E-state index contributed by atoms with van der Waals surface area (Å²) in [7, 11) is 0. The predicted octanol–water partition coefficient (Wildman–Crippen LogP) is 2.52. The highest BCUT2D eigenvalue weighted by Crippen LogP contribution is 2.35. The first kappa shape index (κ1) is 15.2. The van der Waals surface area contributed by atoms with E-state index in [9.17, 15) is 9.90 Å². The number of aliphatic hydroxyl groups is 1. The van der Waals surface area contributed by atoms with Gasteiger partial charge in [-0.05, 0) is 36.0 Å². The van der Waals surface area contributed by atoms with Gasteiger partial charge in [0, 0.05) is 19.7 Å². The largest absolute Gasteiger partial charge is 0.481 e. The highest BCUT2D eigenvalue weighted by atomic mass is 32.1. The minimum Gasteiger partial charge on any atom is -0.481 e. The molecule has 0 radical (unpaired) electrons. The third-order valence-corrected chi connectivity index (χ3v) is 5.50. The topological polar surface area (TPSA) is 73.7 Å². The summed E-state index contributed by atoms with van der Waals surface area (Å²) >= 11 is 1.61. The van der Waals surface area contributed by atoms with Crippen molar-refractivity contribution in [1.29, 1.82) is 0 Å². The number of carbonyl (C=O) groups is 1. The Morgan fingerprint density at radius 3 is 2.77 bits per heavy atom. The molecule has 0 unspecified atom stereocenters. The smallest absolute Gasteiger partial charge is 0.307 e. The van der Waals surface area contributed by atoms with Crippen LogP contribution in [0.25, 0.3) is 10.2 Å². The number of benzene rings is 1. The number of carboxylic acid groups (broad SMARTS) is 1. The second kappa shape index (κ2) is 5.85. The molecule has 0 atom stereocenters. The van der Waals surface area contributed by atoms with Crippen molar-refractivity contribution in [3.05, 3.63) is 23.8 Å². The average molecular weight is 320 g/mol. The van der Waals surface area contributed by atoms with Crippen molar-refractivity contribution in [3.8, 4) is 0 Å². The van der Waals surface area contributed by atoms with Crippen LogP contribution < -0.4 is 4.90 Å². The van der Waals surface area contributed by atoms with Gasteiger partial charge in [0.05, 0.1) is 16.6 Å². The van der Waals surface area contributed by atoms with Crippen LogP contribution in [-0.2, 0) is 11.2 Å². The minimum atomic E-state index is -0.816. The summed E-state index contributed by atoms with van der Waals surface area (Å²) in [6.07, 6.45) is 1.97. The first-order valence-electron chi connectivity index (χ1n) is 7.46. The van der Waals surface area contributed by atoms with E-state index < -0.39 is 5.97 Å². The highest BCUT2D eigenvalue weighted by Gasteiger charge is 2.30. The highest BCUT2D eigenvalue weighted by molar-refractivity contribution is 7.22. The van der Waals surface area contributed by atoms with E-state index >= 15 is 0 Å². The Hall–Kier alpha value is -1.66. The SMILES string of the molecule is CC1(CO)CCN(c2nc3ccc(CC(=O)O)cc3s2)CC1. The van der Waals surface area contributed by atoms with Crippen molar-refractivity contribution in [2.24, 2.45) is 5.41 Å². The van der Waals surface area contributed by atoms with E-state index in [1.807, 2.05) is 18.2 Å². The van der Waals surface area contributed by atoms with E-state index in [4.69, 9.17) is 5.11 Å². The van der Waals surface area contributed by atoms with Crippen LogP contribution in [0.2, 0.25) is 0 Å². The molecule has 0 aliphatic carbocycles. The molecule has 1 aliphatic rings. The van der Waals surface area contributed by atoms with Gasteiger partial charge in [-0.1, -0.05) is 24.3 Å². The van der Waals surface area contributed by atoms with E-state index in [1.54, 1.807) is 11.3 Å². The molecule has 0 saturated carbocycles. The minimum absolute atomic E-state index is 0.0296. The van der Waals surface area contributed by atoms with Crippen LogP contribution in [0.1, 0.15) is 25.3 Å². The number of rotatable bonds is 4. The second-order valence-corrected chi connectivity index (χ2v) is 7.33. The lowest BCUT2D eigenvalue weighted by Gasteiger charge is -2.38. The standard InChI is InChI=1S/C16H20N2O3S/c1-16(10-19)4-6-18(7-5-16)15-17-12-3-2-11(9-14(20)21)8-13(12)22-15/h2-3,8,19H,4-7,9-10H2,1H3,(H,20,21). The molecular formula is C16H20N2O3S. The van der Waals surface area contributed by atoms with E-state index in [-0.39, 0.29) is 18.4 Å². The Balaban J connectivity index is 1.79. The van der Waals surface area contributed by atoms with Gasteiger partial charge in [-0.15, -0.1) is 0 Å². The first-order chi connectivity index (χ1) is 10.5. The third kappa shape index (κ3) is 3.08. The van der Waals surface area contributed by atoms with Crippen LogP contribution in [0.15, 0.2) is 18.2 Å². The number of anilines is 1. The van der Waals surface area contributed by atoms with Crippen LogP contribution in [0.3, 0.4) is 0 Å². The van der Waals surface area contributed by atoms with Crippen molar-refractivity contribution in [1.82, 2.24) is 4.98 Å². The van der Waals surface area contributed by atoms with Gasteiger partial charge in [0.1, 0.15) is 0 Å². The summed E-state index contributed by atoms with van der Waals surface area (Å²) in [6, 6.07) is 5.65. The lowest BCUT2D eigenvalue weighted by Crippen LogP contribution is -2.40. The van der Waals surface area contributed by atoms with E-state index in [1.165, 1.54) is 0 Å². The number of thiazole rings is 1. The molecule has 1 aromatic carbocycles. The van der Waals surface area contributed by atoms with E-state index in [2.05, 4.69) is 16.8 Å². The summed E-state index contributed by atoms with van der Waals surface area (Å²) in [5.74, 6) is -0.816. The Bertz CT molecular complexity index is 690. The van der Waals surface area contributed by atoms with Crippen LogP contribution in [0.5, 0.6) is 0 Å². The number of hydrogen-bond donors (Lipinski definition) is 2. The molecule has 1 fully saturated rings. The van der Waals surface area contributed by atoms with Gasteiger partial charge in [-0.2, -0.15) is 0 Å². The maximum absolute atomic E-state index is 10.8. The van der Waals surface area contributed by atoms with Crippen molar-refractivity contribution in [3.63, 3.8) is 0 Å². The number of piperidine rings is 1. The summed E-state index contributed by atoms with van der Waals surface area (Å²) in [5.41, 5.74) is 1.76. The number of carboxylic acids is 1. The van der Waals surface area contributed by atoms with Gasteiger partial charge in [0.15, 0.2) is 5.13 Å². The van der Waals surface area contributed by atoms with Gasteiger partial charge in [-0.25, -0.2) is 4.98 Å². The third-order valence-electron chi connectivity index (χ3n) is 4.42. The number of aliphatic carboxylic acids is 1. The van der Waals surface area contributed by atoms with E-state index in [0.717, 1.165) is 46.8 Å². The zero-order valence-corrected chi connectivity index (χ0v) is 13.4. The molecule has 118 valence electrons. The molecule has 2 N–H and O–H groups in total. The molecule has 2 heterocycles. The molecule has 0 spiro atoms. The second-order valence-electron chi connectivity index (χ2n) is 6.32. The average Bonchev–Trinajstić information content (AvgIpc) is 2.90. The number of fused-ring (bicyclic) bond motifs is 1. The van der Waals surface area contributed by atoms with Crippen LogP contribution in [0.4, 0.5) is 5.13 Å². The van der Waals surface area contributed by atoms with E-state index in [0.29, 0.717) is 0 Å². The predicted molar refractivity (Wildman–Crippen MR) is 87.6 cm³/mol. The Kier molecular flexibility index (Phi) is 4.06. The Morgan fingerprint density at radius 2 is 2.14 bits per heavy atom. The molecule has 5 nitrogen and oxygen atoms in total. The number of hydrogen-bond acceptors (Lipinski definition) is 5. The summed E-state index contributed by atoms with van der Waals surface area (Å²) in [6.45, 7) is 4.16. The maximum atomic E-state index is 10.8. The van der Waals surface area contributed by atoms with Gasteiger partial charge in [0.25, 0.3) is 0 Å². The number of nitrogens with zero attached hydrogens (tertiary/aromatic N) is 2. The molecule has 1 aliphatic heterocycles.